The quantitative estimate of drug-likeness (QED) is 0.625. The largest absolute Gasteiger partial charge is 0.476 e. The molecule has 0 atom stereocenters. The predicted molar refractivity (Wildman–Crippen MR) is 77.2 cm³/mol. The van der Waals surface area contributed by atoms with Gasteiger partial charge in [-0.25, -0.2) is 4.79 Å². The van der Waals surface area contributed by atoms with Crippen LogP contribution in [0.5, 0.6) is 0 Å². The van der Waals surface area contributed by atoms with Crippen LogP contribution in [0, 0.1) is 0 Å². The average molecular weight is 290 g/mol. The van der Waals surface area contributed by atoms with E-state index in [9.17, 15) is 9.59 Å². The standard InChI is InChI=1S/C15H18N2O4/c1-2-21-13(18)9-5-6-10-17-12-8-4-3-7-11(12)14(16-17)15(19)20/h3-4,7-8H,2,5-6,9-10H2,1H3,(H,19,20). The van der Waals surface area contributed by atoms with Crippen molar-refractivity contribution in [2.45, 2.75) is 32.7 Å². The summed E-state index contributed by atoms with van der Waals surface area (Å²) >= 11 is 0. The monoisotopic (exact) mass is 290 g/mol. The highest BCUT2D eigenvalue weighted by molar-refractivity contribution is 6.01. The first-order valence-corrected chi connectivity index (χ1v) is 6.98. The molecule has 0 radical (unpaired) electrons. The molecule has 0 spiro atoms. The molecule has 0 saturated carbocycles. The zero-order chi connectivity index (χ0) is 15.2. The fraction of sp³-hybridized carbons (Fsp3) is 0.400. The second-order valence-corrected chi connectivity index (χ2v) is 4.66. The molecule has 1 aromatic carbocycles. The number of para-hydroxylation sites is 1. The molecule has 0 amide bonds. The Balaban J connectivity index is 2.02. The number of aromatic carboxylic acids is 1. The average Bonchev–Trinajstić information content (AvgIpc) is 2.83. The number of fused-ring (bicyclic) bond motifs is 1. The van der Waals surface area contributed by atoms with Gasteiger partial charge in [0.2, 0.25) is 0 Å². The van der Waals surface area contributed by atoms with E-state index >= 15 is 0 Å². The zero-order valence-electron chi connectivity index (χ0n) is 11.9. The van der Waals surface area contributed by atoms with Gasteiger partial charge >= 0.3 is 11.9 Å². The number of aromatic nitrogens is 2. The second-order valence-electron chi connectivity index (χ2n) is 4.66. The number of benzene rings is 1. The highest BCUT2D eigenvalue weighted by Gasteiger charge is 2.15. The summed E-state index contributed by atoms with van der Waals surface area (Å²) in [6, 6.07) is 7.24. The molecule has 0 bridgehead atoms. The second kappa shape index (κ2) is 6.88. The Morgan fingerprint density at radius 1 is 1.29 bits per heavy atom. The topological polar surface area (TPSA) is 81.4 Å². The summed E-state index contributed by atoms with van der Waals surface area (Å²) < 4.78 is 6.55. The Hall–Kier alpha value is -2.37. The van der Waals surface area contributed by atoms with Gasteiger partial charge in [0, 0.05) is 18.4 Å². The number of aryl methyl sites for hydroxylation is 1. The molecule has 0 fully saturated rings. The van der Waals surface area contributed by atoms with E-state index in [-0.39, 0.29) is 11.7 Å². The number of carbonyl (C=O) groups excluding carboxylic acids is 1. The molecule has 6 nitrogen and oxygen atoms in total. The fourth-order valence-electron chi connectivity index (χ4n) is 2.22. The van der Waals surface area contributed by atoms with Crippen LogP contribution in [0.15, 0.2) is 24.3 Å². The number of nitrogens with zero attached hydrogens (tertiary/aromatic N) is 2. The van der Waals surface area contributed by atoms with Crippen molar-refractivity contribution < 1.29 is 19.4 Å². The minimum Gasteiger partial charge on any atom is -0.476 e. The highest BCUT2D eigenvalue weighted by Crippen LogP contribution is 2.19. The van der Waals surface area contributed by atoms with Crippen LogP contribution < -0.4 is 0 Å². The lowest BCUT2D eigenvalue weighted by atomic mass is 10.2. The van der Waals surface area contributed by atoms with Crippen LogP contribution in [0.25, 0.3) is 10.9 Å². The van der Waals surface area contributed by atoms with Gasteiger partial charge in [-0.2, -0.15) is 5.10 Å². The predicted octanol–water partition coefficient (Wildman–Crippen LogP) is 2.47. The maximum atomic E-state index is 11.2. The third kappa shape index (κ3) is 3.59. The summed E-state index contributed by atoms with van der Waals surface area (Å²) in [5, 5.41) is 13.9. The summed E-state index contributed by atoms with van der Waals surface area (Å²) in [6.45, 7) is 2.75. The summed E-state index contributed by atoms with van der Waals surface area (Å²) in [5.41, 5.74) is 0.863. The summed E-state index contributed by atoms with van der Waals surface area (Å²) in [4.78, 5) is 22.4. The van der Waals surface area contributed by atoms with Crippen LogP contribution in [-0.4, -0.2) is 33.4 Å². The van der Waals surface area contributed by atoms with Crippen molar-refractivity contribution in [1.82, 2.24) is 9.78 Å². The molecule has 0 aliphatic carbocycles. The van der Waals surface area contributed by atoms with Gasteiger partial charge in [-0.15, -0.1) is 0 Å². The Morgan fingerprint density at radius 3 is 2.76 bits per heavy atom. The molecular weight excluding hydrogens is 272 g/mol. The van der Waals surface area contributed by atoms with Gasteiger partial charge < -0.3 is 9.84 Å². The van der Waals surface area contributed by atoms with E-state index in [0.717, 1.165) is 11.9 Å². The van der Waals surface area contributed by atoms with E-state index in [4.69, 9.17) is 9.84 Å². The number of ether oxygens (including phenoxy) is 1. The van der Waals surface area contributed by atoms with Crippen molar-refractivity contribution in [2.24, 2.45) is 0 Å². The number of rotatable bonds is 7. The molecule has 0 saturated heterocycles. The van der Waals surface area contributed by atoms with Crippen molar-refractivity contribution >= 4 is 22.8 Å². The van der Waals surface area contributed by atoms with E-state index in [1.54, 1.807) is 23.7 Å². The van der Waals surface area contributed by atoms with Gasteiger partial charge in [0.05, 0.1) is 12.1 Å². The van der Waals surface area contributed by atoms with Crippen molar-refractivity contribution in [3.05, 3.63) is 30.0 Å². The van der Waals surface area contributed by atoms with E-state index in [2.05, 4.69) is 5.10 Å². The number of carboxylic acids is 1. The Morgan fingerprint density at radius 2 is 2.05 bits per heavy atom. The molecule has 0 aliphatic heterocycles. The fourth-order valence-corrected chi connectivity index (χ4v) is 2.22. The molecule has 1 aromatic heterocycles. The van der Waals surface area contributed by atoms with Gasteiger partial charge in [-0.1, -0.05) is 18.2 Å². The Labute approximate surface area is 122 Å². The summed E-state index contributed by atoms with van der Waals surface area (Å²) in [6.07, 6.45) is 1.80. The van der Waals surface area contributed by atoms with E-state index in [1.807, 2.05) is 12.1 Å². The minimum atomic E-state index is -1.03. The molecule has 1 heterocycles. The lowest BCUT2D eigenvalue weighted by Crippen LogP contribution is -2.06. The van der Waals surface area contributed by atoms with Gasteiger partial charge in [0.25, 0.3) is 0 Å². The van der Waals surface area contributed by atoms with E-state index < -0.39 is 5.97 Å². The van der Waals surface area contributed by atoms with Gasteiger partial charge in [0.1, 0.15) is 0 Å². The van der Waals surface area contributed by atoms with Crippen LogP contribution in [0.2, 0.25) is 0 Å². The van der Waals surface area contributed by atoms with Crippen LogP contribution in [0.4, 0.5) is 0 Å². The molecule has 6 heteroatoms. The Kier molecular flexibility index (Phi) is 4.92. The normalized spacial score (nSPS) is 10.7. The molecule has 112 valence electrons. The van der Waals surface area contributed by atoms with Crippen LogP contribution in [-0.2, 0) is 16.1 Å². The van der Waals surface area contributed by atoms with Gasteiger partial charge in [-0.3, -0.25) is 9.48 Å². The van der Waals surface area contributed by atoms with Gasteiger partial charge in [0.15, 0.2) is 5.69 Å². The SMILES string of the molecule is CCOC(=O)CCCCn1nc(C(=O)O)c2ccccc21. The zero-order valence-corrected chi connectivity index (χ0v) is 11.9. The molecule has 0 unspecified atom stereocenters. The van der Waals surface area contributed by atoms with Crippen LogP contribution in [0.1, 0.15) is 36.7 Å². The number of esters is 1. The lowest BCUT2D eigenvalue weighted by Gasteiger charge is -2.04. The number of hydrogen-bond donors (Lipinski definition) is 1. The first-order valence-electron chi connectivity index (χ1n) is 6.98. The molecular formula is C15H18N2O4. The van der Waals surface area contributed by atoms with E-state index in [1.165, 1.54) is 0 Å². The first-order chi connectivity index (χ1) is 10.1. The number of carboxylic acid groups (broad SMARTS) is 1. The van der Waals surface area contributed by atoms with Crippen molar-refractivity contribution in [2.75, 3.05) is 6.61 Å². The molecule has 2 aromatic rings. The van der Waals surface area contributed by atoms with Crippen LogP contribution >= 0.6 is 0 Å². The van der Waals surface area contributed by atoms with Crippen molar-refractivity contribution in [3.8, 4) is 0 Å². The maximum Gasteiger partial charge on any atom is 0.357 e. The number of hydrogen-bond acceptors (Lipinski definition) is 4. The molecule has 0 aliphatic rings. The molecule has 2 rings (SSSR count). The Bertz CT molecular complexity index is 648. The smallest absolute Gasteiger partial charge is 0.357 e. The highest BCUT2D eigenvalue weighted by atomic mass is 16.5. The summed E-state index contributed by atoms with van der Waals surface area (Å²) in [7, 11) is 0. The lowest BCUT2D eigenvalue weighted by molar-refractivity contribution is -0.143. The molecule has 21 heavy (non-hydrogen) atoms. The number of unbranched alkanes of at least 4 members (excludes halogenated alkanes) is 1. The molecule has 1 N–H and O–H groups in total. The minimum absolute atomic E-state index is 0.0657. The van der Waals surface area contributed by atoms with Crippen LogP contribution in [0.3, 0.4) is 0 Å². The number of carbonyl (C=O) groups is 2. The van der Waals surface area contributed by atoms with Crippen molar-refractivity contribution in [1.29, 1.82) is 0 Å². The third-order valence-corrected chi connectivity index (χ3v) is 3.17. The summed E-state index contributed by atoms with van der Waals surface area (Å²) in [5.74, 6) is -1.23. The first kappa shape index (κ1) is 15.0. The van der Waals surface area contributed by atoms with Crippen molar-refractivity contribution in [3.63, 3.8) is 0 Å². The third-order valence-electron chi connectivity index (χ3n) is 3.17. The van der Waals surface area contributed by atoms with Gasteiger partial charge in [-0.05, 0) is 25.8 Å². The van der Waals surface area contributed by atoms with E-state index in [0.29, 0.717) is 31.4 Å². The maximum absolute atomic E-state index is 11.2.